The van der Waals surface area contributed by atoms with E-state index in [1.807, 2.05) is 0 Å². The van der Waals surface area contributed by atoms with Gasteiger partial charge in [-0.05, 0) is 25.5 Å². The van der Waals surface area contributed by atoms with E-state index in [2.05, 4.69) is 10.3 Å². The Bertz CT molecular complexity index is 402. The summed E-state index contributed by atoms with van der Waals surface area (Å²) in [5.74, 6) is -0.234. The second kappa shape index (κ2) is 5.14. The summed E-state index contributed by atoms with van der Waals surface area (Å²) in [5, 5.41) is 12.9. The summed E-state index contributed by atoms with van der Waals surface area (Å²) in [6, 6.07) is 1.91. The fourth-order valence-corrected chi connectivity index (χ4v) is 2.10. The molecular weight excluding hydrogens is 218 g/mol. The Morgan fingerprint density at radius 3 is 3.18 bits per heavy atom. The van der Waals surface area contributed by atoms with Crippen LogP contribution in [0.5, 0.6) is 5.75 Å². The summed E-state index contributed by atoms with van der Waals surface area (Å²) in [4.78, 5) is 17.5. The Hall–Kier alpha value is -1.62. The lowest BCUT2D eigenvalue weighted by Crippen LogP contribution is -2.38. The molecule has 2 rings (SSSR count). The van der Waals surface area contributed by atoms with E-state index >= 15 is 0 Å². The molecule has 0 saturated carbocycles. The van der Waals surface area contributed by atoms with E-state index in [4.69, 9.17) is 0 Å². The second-order valence-electron chi connectivity index (χ2n) is 4.37. The van der Waals surface area contributed by atoms with Crippen LogP contribution in [0.15, 0.2) is 18.5 Å². The van der Waals surface area contributed by atoms with Gasteiger partial charge in [0.25, 0.3) is 5.91 Å². The normalized spacial score (nSPS) is 19.2. The molecule has 1 aliphatic heterocycles. The van der Waals surface area contributed by atoms with Gasteiger partial charge in [-0.15, -0.1) is 0 Å². The average molecular weight is 235 g/mol. The smallest absolute Gasteiger partial charge is 0.257 e. The summed E-state index contributed by atoms with van der Waals surface area (Å²) in [6.45, 7) is 1.69. The predicted molar refractivity (Wildman–Crippen MR) is 63.9 cm³/mol. The molecule has 2 N–H and O–H groups in total. The Labute approximate surface area is 100 Å². The van der Waals surface area contributed by atoms with Crippen molar-refractivity contribution in [3.8, 4) is 5.75 Å². The molecule has 0 bridgehead atoms. The van der Waals surface area contributed by atoms with Gasteiger partial charge in [0, 0.05) is 25.8 Å². The summed E-state index contributed by atoms with van der Waals surface area (Å²) in [6.07, 6.45) is 5.05. The summed E-state index contributed by atoms with van der Waals surface area (Å²) in [7, 11) is 1.75. The van der Waals surface area contributed by atoms with Gasteiger partial charge in [-0.3, -0.25) is 9.78 Å². The molecule has 2 heterocycles. The van der Waals surface area contributed by atoms with Crippen LogP contribution in [0.4, 0.5) is 0 Å². The number of nitrogens with zero attached hydrogens (tertiary/aromatic N) is 2. The maximum absolute atomic E-state index is 12.1. The molecule has 1 atom stereocenters. The molecule has 1 aromatic rings. The first-order chi connectivity index (χ1) is 8.18. The fourth-order valence-electron chi connectivity index (χ4n) is 2.10. The topological polar surface area (TPSA) is 65.5 Å². The highest BCUT2D eigenvalue weighted by atomic mass is 16.3. The molecule has 0 aliphatic carbocycles. The lowest BCUT2D eigenvalue weighted by Gasteiger charge is -2.21. The molecule has 1 unspecified atom stereocenters. The van der Waals surface area contributed by atoms with Crippen molar-refractivity contribution in [1.82, 2.24) is 15.2 Å². The number of carbonyl (C=O) groups excluding carboxylic acids is 1. The van der Waals surface area contributed by atoms with Crippen molar-refractivity contribution in [2.45, 2.75) is 18.9 Å². The molecule has 5 nitrogen and oxygen atoms in total. The number of nitrogens with one attached hydrogen (secondary N) is 1. The van der Waals surface area contributed by atoms with Crippen molar-refractivity contribution in [3.63, 3.8) is 0 Å². The first kappa shape index (κ1) is 11.9. The number of pyridine rings is 1. The zero-order chi connectivity index (χ0) is 12.3. The van der Waals surface area contributed by atoms with Gasteiger partial charge < -0.3 is 15.3 Å². The van der Waals surface area contributed by atoms with Crippen LogP contribution in [0.25, 0.3) is 0 Å². The quantitative estimate of drug-likeness (QED) is 0.805. The van der Waals surface area contributed by atoms with Gasteiger partial charge in [0.2, 0.25) is 0 Å². The molecule has 1 aromatic heterocycles. The zero-order valence-electron chi connectivity index (χ0n) is 9.89. The van der Waals surface area contributed by atoms with E-state index in [0.29, 0.717) is 18.2 Å². The molecule has 1 aliphatic rings. The summed E-state index contributed by atoms with van der Waals surface area (Å²) in [5.41, 5.74) is 0.306. The highest BCUT2D eigenvalue weighted by molar-refractivity contribution is 5.96. The van der Waals surface area contributed by atoms with Gasteiger partial charge in [0.15, 0.2) is 0 Å². The first-order valence-corrected chi connectivity index (χ1v) is 5.80. The molecule has 0 aromatic carbocycles. The van der Waals surface area contributed by atoms with Crippen molar-refractivity contribution in [3.05, 3.63) is 24.0 Å². The predicted octanol–water partition coefficient (Wildman–Crippen LogP) is 0.611. The van der Waals surface area contributed by atoms with Crippen molar-refractivity contribution < 1.29 is 9.90 Å². The maximum Gasteiger partial charge on any atom is 0.257 e. The number of aromatic hydroxyl groups is 1. The van der Waals surface area contributed by atoms with Crippen LogP contribution >= 0.6 is 0 Å². The largest absolute Gasteiger partial charge is 0.505 e. The van der Waals surface area contributed by atoms with E-state index in [0.717, 1.165) is 19.4 Å². The summed E-state index contributed by atoms with van der Waals surface area (Å²) >= 11 is 0. The Kier molecular flexibility index (Phi) is 3.58. The van der Waals surface area contributed by atoms with Crippen LogP contribution in [-0.4, -0.2) is 47.1 Å². The van der Waals surface area contributed by atoms with Crippen LogP contribution in [0.1, 0.15) is 23.2 Å². The number of carbonyl (C=O) groups is 1. The highest BCUT2D eigenvalue weighted by Gasteiger charge is 2.21. The Morgan fingerprint density at radius 1 is 1.71 bits per heavy atom. The first-order valence-electron chi connectivity index (χ1n) is 5.80. The second-order valence-corrected chi connectivity index (χ2v) is 4.37. The van der Waals surface area contributed by atoms with Gasteiger partial charge in [-0.25, -0.2) is 0 Å². The fraction of sp³-hybridized carbons (Fsp3) is 0.500. The van der Waals surface area contributed by atoms with Crippen LogP contribution in [0.2, 0.25) is 0 Å². The molecule has 0 radical (unpaired) electrons. The number of amides is 1. The molecular formula is C12H17N3O2. The van der Waals surface area contributed by atoms with Crippen molar-refractivity contribution >= 4 is 5.91 Å². The zero-order valence-corrected chi connectivity index (χ0v) is 9.89. The van der Waals surface area contributed by atoms with Crippen molar-refractivity contribution in [1.29, 1.82) is 0 Å². The van der Waals surface area contributed by atoms with Gasteiger partial charge >= 0.3 is 0 Å². The lowest BCUT2D eigenvalue weighted by atomic mass is 10.2. The van der Waals surface area contributed by atoms with Crippen molar-refractivity contribution in [2.24, 2.45) is 0 Å². The molecule has 0 spiro atoms. The molecule has 1 amide bonds. The van der Waals surface area contributed by atoms with E-state index < -0.39 is 0 Å². The van der Waals surface area contributed by atoms with Crippen LogP contribution in [0, 0.1) is 0 Å². The van der Waals surface area contributed by atoms with Crippen LogP contribution in [-0.2, 0) is 0 Å². The molecule has 5 heteroatoms. The number of hydrogen-bond donors (Lipinski definition) is 2. The third kappa shape index (κ3) is 2.74. The molecule has 1 saturated heterocycles. The standard InChI is InChI=1S/C12H17N3O2/c1-15(8-9-3-2-5-14-9)12(17)10-4-6-13-7-11(10)16/h4,6-7,9,14,16H,2-3,5,8H2,1H3. The van der Waals surface area contributed by atoms with E-state index in [-0.39, 0.29) is 11.7 Å². The monoisotopic (exact) mass is 235 g/mol. The molecule has 92 valence electrons. The average Bonchev–Trinajstić information content (AvgIpc) is 2.81. The SMILES string of the molecule is CN(CC1CCCN1)C(=O)c1ccncc1O. The van der Waals surface area contributed by atoms with E-state index in [1.165, 1.54) is 18.5 Å². The third-order valence-corrected chi connectivity index (χ3v) is 3.03. The van der Waals surface area contributed by atoms with Crippen molar-refractivity contribution in [2.75, 3.05) is 20.1 Å². The lowest BCUT2D eigenvalue weighted by molar-refractivity contribution is 0.0780. The van der Waals surface area contributed by atoms with Gasteiger partial charge in [-0.2, -0.15) is 0 Å². The minimum atomic E-state index is -0.168. The van der Waals surface area contributed by atoms with Crippen LogP contribution in [0.3, 0.4) is 0 Å². The Balaban J connectivity index is 2.01. The molecule has 1 fully saturated rings. The number of rotatable bonds is 3. The van der Waals surface area contributed by atoms with Crippen LogP contribution < -0.4 is 5.32 Å². The van der Waals surface area contributed by atoms with Gasteiger partial charge in [0.1, 0.15) is 5.75 Å². The number of aromatic nitrogens is 1. The Morgan fingerprint density at radius 2 is 2.53 bits per heavy atom. The van der Waals surface area contributed by atoms with Gasteiger partial charge in [0.05, 0.1) is 11.8 Å². The van der Waals surface area contributed by atoms with E-state index in [9.17, 15) is 9.90 Å². The summed E-state index contributed by atoms with van der Waals surface area (Å²) < 4.78 is 0. The third-order valence-electron chi connectivity index (χ3n) is 3.03. The highest BCUT2D eigenvalue weighted by Crippen LogP contribution is 2.16. The molecule has 17 heavy (non-hydrogen) atoms. The number of likely N-dealkylation sites (N-methyl/N-ethyl adjacent to an activating group) is 1. The minimum absolute atomic E-state index is 0.0660. The maximum atomic E-state index is 12.1. The number of hydrogen-bond acceptors (Lipinski definition) is 4. The minimum Gasteiger partial charge on any atom is -0.505 e. The van der Waals surface area contributed by atoms with Gasteiger partial charge in [-0.1, -0.05) is 0 Å². The van der Waals surface area contributed by atoms with E-state index in [1.54, 1.807) is 11.9 Å².